The van der Waals surface area contributed by atoms with Crippen LogP contribution < -0.4 is 20.7 Å². The third kappa shape index (κ3) is 5.67. The molecule has 6 nitrogen and oxygen atoms in total. The van der Waals surface area contributed by atoms with Crippen LogP contribution in [0.1, 0.15) is 18.9 Å². The highest BCUT2D eigenvalue weighted by atomic mass is 35.5. The molecule has 0 fully saturated rings. The fourth-order valence-corrected chi connectivity index (χ4v) is 2.55. The van der Waals surface area contributed by atoms with Gasteiger partial charge in [-0.1, -0.05) is 17.7 Å². The number of rotatable bonds is 7. The van der Waals surface area contributed by atoms with Crippen molar-refractivity contribution in [3.63, 3.8) is 0 Å². The number of nitrogens with one attached hydrogen (secondary N) is 3. The molecule has 138 valence electrons. The summed E-state index contributed by atoms with van der Waals surface area (Å²) in [4.78, 5) is 23.4. The molecule has 26 heavy (non-hydrogen) atoms. The lowest BCUT2D eigenvalue weighted by Gasteiger charge is -2.12. The summed E-state index contributed by atoms with van der Waals surface area (Å²) in [7, 11) is 1.57. The van der Waals surface area contributed by atoms with E-state index in [9.17, 15) is 9.59 Å². The number of carbonyl (C=O) groups is 2. The number of hydrogen-bond donors (Lipinski definition) is 3. The molecule has 0 aliphatic carbocycles. The Morgan fingerprint density at radius 2 is 1.85 bits per heavy atom. The Kier molecular flexibility index (Phi) is 6.86. The average molecular weight is 376 g/mol. The van der Waals surface area contributed by atoms with E-state index in [1.54, 1.807) is 37.4 Å². The van der Waals surface area contributed by atoms with Crippen LogP contribution in [-0.4, -0.2) is 25.5 Å². The molecule has 0 radical (unpaired) electrons. The Morgan fingerprint density at radius 1 is 1.08 bits per heavy atom. The third-order valence-electron chi connectivity index (χ3n) is 3.66. The minimum absolute atomic E-state index is 0.142. The van der Waals surface area contributed by atoms with Crippen LogP contribution in [-0.2, 0) is 9.59 Å². The van der Waals surface area contributed by atoms with Crippen molar-refractivity contribution in [2.75, 3.05) is 29.6 Å². The van der Waals surface area contributed by atoms with E-state index in [1.165, 1.54) is 6.92 Å². The van der Waals surface area contributed by atoms with Gasteiger partial charge in [0.1, 0.15) is 5.75 Å². The molecule has 0 bridgehead atoms. The van der Waals surface area contributed by atoms with E-state index in [1.807, 2.05) is 13.0 Å². The Labute approximate surface area is 157 Å². The van der Waals surface area contributed by atoms with Crippen molar-refractivity contribution in [2.45, 2.75) is 20.3 Å². The summed E-state index contributed by atoms with van der Waals surface area (Å²) in [6.45, 7) is 3.76. The highest BCUT2D eigenvalue weighted by Gasteiger charge is 2.08. The maximum atomic E-state index is 12.1. The van der Waals surface area contributed by atoms with E-state index < -0.39 is 0 Å². The summed E-state index contributed by atoms with van der Waals surface area (Å²) < 4.78 is 5.25. The van der Waals surface area contributed by atoms with Gasteiger partial charge >= 0.3 is 0 Å². The van der Waals surface area contributed by atoms with E-state index in [2.05, 4.69) is 16.0 Å². The Hall–Kier alpha value is -2.73. The standard InChI is InChI=1S/C19H22ClN3O3/c1-12-4-6-15(11-16(12)22-13(2)24)23-19(25)8-9-21-17-10-14(20)5-7-18(17)26-3/h4-7,10-11,21H,8-9H2,1-3H3,(H,22,24)(H,23,25). The number of ether oxygens (including phenoxy) is 1. The minimum Gasteiger partial charge on any atom is -0.495 e. The number of carbonyl (C=O) groups excluding carboxylic acids is 2. The van der Waals surface area contributed by atoms with Crippen molar-refractivity contribution in [2.24, 2.45) is 0 Å². The van der Waals surface area contributed by atoms with Crippen molar-refractivity contribution in [3.8, 4) is 5.75 Å². The molecule has 2 aromatic rings. The molecular weight excluding hydrogens is 354 g/mol. The zero-order valence-electron chi connectivity index (χ0n) is 15.0. The van der Waals surface area contributed by atoms with Gasteiger partial charge in [-0.3, -0.25) is 9.59 Å². The molecule has 0 saturated heterocycles. The predicted molar refractivity (Wildman–Crippen MR) is 105 cm³/mol. The van der Waals surface area contributed by atoms with Gasteiger partial charge in [0.2, 0.25) is 11.8 Å². The lowest BCUT2D eigenvalue weighted by molar-refractivity contribution is -0.116. The van der Waals surface area contributed by atoms with Crippen molar-refractivity contribution in [1.82, 2.24) is 0 Å². The second kappa shape index (κ2) is 9.10. The van der Waals surface area contributed by atoms with E-state index >= 15 is 0 Å². The molecule has 0 atom stereocenters. The fourth-order valence-electron chi connectivity index (χ4n) is 2.38. The molecular formula is C19H22ClN3O3. The Morgan fingerprint density at radius 3 is 2.54 bits per heavy atom. The summed E-state index contributed by atoms with van der Waals surface area (Å²) in [6.07, 6.45) is 0.263. The van der Waals surface area contributed by atoms with Crippen molar-refractivity contribution >= 4 is 40.5 Å². The normalized spacial score (nSPS) is 10.2. The summed E-state index contributed by atoms with van der Waals surface area (Å²) in [5.74, 6) is 0.362. The van der Waals surface area contributed by atoms with Crippen LogP contribution in [0.25, 0.3) is 0 Å². The number of anilines is 3. The largest absolute Gasteiger partial charge is 0.495 e. The first-order valence-corrected chi connectivity index (χ1v) is 8.52. The van der Waals surface area contributed by atoms with Crippen molar-refractivity contribution < 1.29 is 14.3 Å². The van der Waals surface area contributed by atoms with E-state index in [4.69, 9.17) is 16.3 Å². The van der Waals surface area contributed by atoms with Gasteiger partial charge in [0.15, 0.2) is 0 Å². The van der Waals surface area contributed by atoms with Gasteiger partial charge in [-0.25, -0.2) is 0 Å². The molecule has 0 aromatic heterocycles. The smallest absolute Gasteiger partial charge is 0.226 e. The fraction of sp³-hybridized carbons (Fsp3) is 0.263. The topological polar surface area (TPSA) is 79.5 Å². The number of hydrogen-bond acceptors (Lipinski definition) is 4. The van der Waals surface area contributed by atoms with Crippen LogP contribution in [0, 0.1) is 6.92 Å². The van der Waals surface area contributed by atoms with Crippen LogP contribution in [0.4, 0.5) is 17.1 Å². The van der Waals surface area contributed by atoms with Gasteiger partial charge in [-0.2, -0.15) is 0 Å². The third-order valence-corrected chi connectivity index (χ3v) is 3.90. The van der Waals surface area contributed by atoms with Crippen molar-refractivity contribution in [3.05, 3.63) is 47.0 Å². The van der Waals surface area contributed by atoms with Gasteiger partial charge in [-0.15, -0.1) is 0 Å². The maximum Gasteiger partial charge on any atom is 0.226 e. The number of aryl methyl sites for hydroxylation is 1. The van der Waals surface area contributed by atoms with Crippen LogP contribution in [0.5, 0.6) is 5.75 Å². The first-order chi connectivity index (χ1) is 12.4. The first-order valence-electron chi connectivity index (χ1n) is 8.14. The summed E-state index contributed by atoms with van der Waals surface area (Å²) >= 11 is 5.98. The minimum atomic E-state index is -0.156. The zero-order valence-corrected chi connectivity index (χ0v) is 15.7. The maximum absolute atomic E-state index is 12.1. The molecule has 0 spiro atoms. The highest BCUT2D eigenvalue weighted by molar-refractivity contribution is 6.30. The molecule has 0 saturated carbocycles. The number of halogens is 1. The molecule has 2 aromatic carbocycles. The highest BCUT2D eigenvalue weighted by Crippen LogP contribution is 2.27. The summed E-state index contributed by atoms with van der Waals surface area (Å²) in [5.41, 5.74) is 2.96. The number of amides is 2. The molecule has 3 N–H and O–H groups in total. The van der Waals surface area contributed by atoms with Gasteiger partial charge in [-0.05, 0) is 42.8 Å². The van der Waals surface area contributed by atoms with Gasteiger partial charge < -0.3 is 20.7 Å². The number of methoxy groups -OCH3 is 1. The van der Waals surface area contributed by atoms with E-state index in [0.29, 0.717) is 28.7 Å². The van der Waals surface area contributed by atoms with Crippen LogP contribution >= 0.6 is 11.6 Å². The lowest BCUT2D eigenvalue weighted by atomic mass is 10.1. The first kappa shape index (κ1) is 19.6. The van der Waals surface area contributed by atoms with Gasteiger partial charge in [0.05, 0.1) is 12.8 Å². The lowest BCUT2D eigenvalue weighted by Crippen LogP contribution is -2.17. The number of benzene rings is 2. The van der Waals surface area contributed by atoms with Crippen LogP contribution in [0.15, 0.2) is 36.4 Å². The van der Waals surface area contributed by atoms with Crippen molar-refractivity contribution in [1.29, 1.82) is 0 Å². The molecule has 0 aliphatic heterocycles. The Balaban J connectivity index is 1.91. The summed E-state index contributed by atoms with van der Waals surface area (Å²) in [5, 5.41) is 9.29. The SMILES string of the molecule is COc1ccc(Cl)cc1NCCC(=O)Nc1ccc(C)c(NC(C)=O)c1. The van der Waals surface area contributed by atoms with E-state index in [-0.39, 0.29) is 18.2 Å². The second-order valence-electron chi connectivity index (χ2n) is 5.78. The summed E-state index contributed by atoms with van der Waals surface area (Å²) in [6, 6.07) is 10.6. The van der Waals surface area contributed by atoms with Gasteiger partial charge in [0.25, 0.3) is 0 Å². The molecule has 2 rings (SSSR count). The van der Waals surface area contributed by atoms with E-state index in [0.717, 1.165) is 11.3 Å². The molecule has 2 amide bonds. The molecule has 0 heterocycles. The Bertz CT molecular complexity index is 809. The zero-order chi connectivity index (χ0) is 19.1. The molecule has 0 aliphatic rings. The molecule has 7 heteroatoms. The predicted octanol–water partition coefficient (Wildman–Crippen LogP) is 4.06. The van der Waals surface area contributed by atoms with Crippen LogP contribution in [0.3, 0.4) is 0 Å². The quantitative estimate of drug-likeness (QED) is 0.682. The van der Waals surface area contributed by atoms with Gasteiger partial charge in [0, 0.05) is 36.3 Å². The molecule has 0 unspecified atom stereocenters. The average Bonchev–Trinajstić information content (AvgIpc) is 2.57. The monoisotopic (exact) mass is 375 g/mol. The second-order valence-corrected chi connectivity index (χ2v) is 6.22. The van der Waals surface area contributed by atoms with Crippen LogP contribution in [0.2, 0.25) is 5.02 Å².